The minimum Gasteiger partial charge on any atom is -0.466 e. The van der Waals surface area contributed by atoms with Crippen molar-refractivity contribution in [2.24, 2.45) is 0 Å². The molecule has 1 N–H and O–H groups in total. The predicted octanol–water partition coefficient (Wildman–Crippen LogP) is 1.70. The van der Waals surface area contributed by atoms with E-state index in [1.165, 1.54) is 6.08 Å². The molecule has 0 aliphatic carbocycles. The van der Waals surface area contributed by atoms with Crippen LogP contribution in [0.5, 0.6) is 0 Å². The Kier molecular flexibility index (Phi) is 8.13. The van der Waals surface area contributed by atoms with Crippen LogP contribution in [0.4, 0.5) is 0 Å². The lowest BCUT2D eigenvalue weighted by atomic mass is 10.2. The molecule has 1 amide bonds. The van der Waals surface area contributed by atoms with Gasteiger partial charge in [0.05, 0.1) is 19.6 Å². The normalized spacial score (nSPS) is 11.7. The highest BCUT2D eigenvalue weighted by atomic mass is 16.5. The molecule has 1 aromatic rings. The molecule has 1 rings (SSSR count). The Morgan fingerprint density at radius 3 is 2.35 bits per heavy atom. The summed E-state index contributed by atoms with van der Waals surface area (Å²) in [5, 5.41) is 2.46. The molecule has 0 radical (unpaired) electrons. The summed E-state index contributed by atoms with van der Waals surface area (Å²) in [5.41, 5.74) is 0.848. The van der Waals surface area contributed by atoms with E-state index in [-0.39, 0.29) is 19.6 Å². The van der Waals surface area contributed by atoms with Gasteiger partial charge in [-0.3, -0.25) is 9.59 Å². The van der Waals surface area contributed by atoms with Gasteiger partial charge in [0.2, 0.25) is 5.91 Å². The maximum Gasteiger partial charge on any atom is 0.329 e. The third-order valence-electron chi connectivity index (χ3n) is 2.79. The largest absolute Gasteiger partial charge is 0.466 e. The van der Waals surface area contributed by atoms with Gasteiger partial charge in [-0.15, -0.1) is 0 Å². The topological polar surface area (TPSA) is 81.7 Å². The number of hydrogen-bond acceptors (Lipinski definition) is 5. The van der Waals surface area contributed by atoms with E-state index < -0.39 is 23.9 Å². The molecule has 6 heteroatoms. The summed E-state index contributed by atoms with van der Waals surface area (Å²) in [4.78, 5) is 35.3. The Labute approximate surface area is 135 Å². The molecule has 1 atom stereocenters. The van der Waals surface area contributed by atoms with Crippen LogP contribution in [0, 0.1) is 0 Å². The van der Waals surface area contributed by atoms with E-state index in [9.17, 15) is 14.4 Å². The summed E-state index contributed by atoms with van der Waals surface area (Å²) >= 11 is 0. The van der Waals surface area contributed by atoms with Crippen LogP contribution in [0.15, 0.2) is 36.4 Å². The minimum atomic E-state index is -1.07. The third-order valence-corrected chi connectivity index (χ3v) is 2.79. The van der Waals surface area contributed by atoms with Gasteiger partial charge in [0.25, 0.3) is 0 Å². The zero-order chi connectivity index (χ0) is 17.1. The summed E-state index contributed by atoms with van der Waals surface area (Å²) in [6.45, 7) is 3.68. The molecule has 0 heterocycles. The highest BCUT2D eigenvalue weighted by molar-refractivity contribution is 5.95. The smallest absolute Gasteiger partial charge is 0.329 e. The molecular formula is C17H21NO5. The summed E-state index contributed by atoms with van der Waals surface area (Å²) in [5.74, 6) is -1.73. The number of benzene rings is 1. The Morgan fingerprint density at radius 2 is 1.74 bits per heavy atom. The molecule has 1 aromatic carbocycles. The fourth-order valence-corrected chi connectivity index (χ4v) is 1.78. The van der Waals surface area contributed by atoms with Crippen LogP contribution in [0.1, 0.15) is 25.8 Å². The number of carbonyl (C=O) groups is 3. The molecule has 23 heavy (non-hydrogen) atoms. The molecule has 0 fully saturated rings. The SMILES string of the molecule is CCOC(=O)C[C@H](NC(=O)C=Cc1ccccc1)C(=O)OCC. The molecule has 0 unspecified atom stereocenters. The Morgan fingerprint density at radius 1 is 1.09 bits per heavy atom. The first kappa shape index (κ1) is 18.4. The second-order valence-electron chi connectivity index (χ2n) is 4.57. The molecule has 0 aliphatic rings. The molecule has 0 spiro atoms. The molecule has 0 aromatic heterocycles. The maximum atomic E-state index is 11.9. The fourth-order valence-electron chi connectivity index (χ4n) is 1.78. The van der Waals surface area contributed by atoms with Gasteiger partial charge in [0, 0.05) is 6.08 Å². The van der Waals surface area contributed by atoms with E-state index in [1.807, 2.05) is 30.3 Å². The molecule has 0 saturated heterocycles. The van der Waals surface area contributed by atoms with Gasteiger partial charge < -0.3 is 14.8 Å². The monoisotopic (exact) mass is 319 g/mol. The first-order valence-corrected chi connectivity index (χ1v) is 7.42. The van der Waals surface area contributed by atoms with E-state index in [0.717, 1.165) is 5.56 Å². The number of ether oxygens (including phenoxy) is 2. The minimum absolute atomic E-state index is 0.161. The average molecular weight is 319 g/mol. The number of nitrogens with one attached hydrogen (secondary N) is 1. The number of hydrogen-bond donors (Lipinski definition) is 1. The zero-order valence-electron chi connectivity index (χ0n) is 13.3. The van der Waals surface area contributed by atoms with Crippen LogP contribution in [0.25, 0.3) is 6.08 Å². The van der Waals surface area contributed by atoms with Crippen molar-refractivity contribution in [3.63, 3.8) is 0 Å². The lowest BCUT2D eigenvalue weighted by molar-refractivity contribution is -0.153. The zero-order valence-corrected chi connectivity index (χ0v) is 13.3. The molecule has 6 nitrogen and oxygen atoms in total. The van der Waals surface area contributed by atoms with Crippen molar-refractivity contribution < 1.29 is 23.9 Å². The summed E-state index contributed by atoms with van der Waals surface area (Å²) in [7, 11) is 0. The van der Waals surface area contributed by atoms with E-state index >= 15 is 0 Å². The molecule has 124 valence electrons. The summed E-state index contributed by atoms with van der Waals surface area (Å²) in [6.07, 6.45) is 2.65. The van der Waals surface area contributed by atoms with Crippen molar-refractivity contribution in [1.82, 2.24) is 5.32 Å². The van der Waals surface area contributed by atoms with Crippen molar-refractivity contribution in [3.05, 3.63) is 42.0 Å². The van der Waals surface area contributed by atoms with E-state index in [0.29, 0.717) is 0 Å². The first-order chi connectivity index (χ1) is 11.1. The van der Waals surface area contributed by atoms with Crippen LogP contribution in [-0.2, 0) is 23.9 Å². The highest BCUT2D eigenvalue weighted by Crippen LogP contribution is 2.02. The lowest BCUT2D eigenvalue weighted by Crippen LogP contribution is -2.42. The quantitative estimate of drug-likeness (QED) is 0.582. The van der Waals surface area contributed by atoms with E-state index in [4.69, 9.17) is 9.47 Å². The Bertz CT molecular complexity index is 553. The lowest BCUT2D eigenvalue weighted by Gasteiger charge is -2.15. The van der Waals surface area contributed by atoms with Gasteiger partial charge in [-0.2, -0.15) is 0 Å². The average Bonchev–Trinajstić information content (AvgIpc) is 2.54. The number of esters is 2. The second kappa shape index (κ2) is 10.2. The van der Waals surface area contributed by atoms with Gasteiger partial charge in [-0.25, -0.2) is 4.79 Å². The Hall–Kier alpha value is -2.63. The van der Waals surface area contributed by atoms with Crippen molar-refractivity contribution in [1.29, 1.82) is 0 Å². The van der Waals surface area contributed by atoms with E-state index in [1.54, 1.807) is 19.9 Å². The van der Waals surface area contributed by atoms with Crippen molar-refractivity contribution >= 4 is 23.9 Å². The van der Waals surface area contributed by atoms with Crippen LogP contribution in [-0.4, -0.2) is 37.1 Å². The van der Waals surface area contributed by atoms with Crippen molar-refractivity contribution in [2.45, 2.75) is 26.3 Å². The fraction of sp³-hybridized carbons (Fsp3) is 0.353. The van der Waals surface area contributed by atoms with Gasteiger partial charge >= 0.3 is 11.9 Å². The van der Waals surface area contributed by atoms with Gasteiger partial charge in [0.1, 0.15) is 6.04 Å². The first-order valence-electron chi connectivity index (χ1n) is 7.42. The number of carbonyl (C=O) groups excluding carboxylic acids is 3. The third kappa shape index (κ3) is 7.26. The second-order valence-corrected chi connectivity index (χ2v) is 4.57. The van der Waals surface area contributed by atoms with Crippen LogP contribution in [0.2, 0.25) is 0 Å². The number of amides is 1. The maximum absolute atomic E-state index is 11.9. The molecule has 0 bridgehead atoms. The van der Waals surface area contributed by atoms with Crippen LogP contribution < -0.4 is 5.32 Å². The van der Waals surface area contributed by atoms with Gasteiger partial charge in [-0.1, -0.05) is 30.3 Å². The molecule has 0 aliphatic heterocycles. The Balaban J connectivity index is 2.67. The van der Waals surface area contributed by atoms with Gasteiger partial charge in [0.15, 0.2) is 0 Å². The van der Waals surface area contributed by atoms with E-state index in [2.05, 4.69) is 5.32 Å². The van der Waals surface area contributed by atoms with Crippen LogP contribution >= 0.6 is 0 Å². The molecular weight excluding hydrogens is 298 g/mol. The molecule has 0 saturated carbocycles. The number of rotatable bonds is 8. The van der Waals surface area contributed by atoms with Crippen LogP contribution in [0.3, 0.4) is 0 Å². The van der Waals surface area contributed by atoms with Crippen molar-refractivity contribution in [3.8, 4) is 0 Å². The standard InChI is InChI=1S/C17H21NO5/c1-3-22-16(20)12-14(17(21)23-4-2)18-15(19)11-10-13-8-6-5-7-9-13/h5-11,14H,3-4,12H2,1-2H3,(H,18,19)/t14-/m0/s1. The highest BCUT2D eigenvalue weighted by Gasteiger charge is 2.25. The summed E-state index contributed by atoms with van der Waals surface area (Å²) in [6, 6.07) is 8.17. The van der Waals surface area contributed by atoms with Gasteiger partial charge in [-0.05, 0) is 25.5 Å². The summed E-state index contributed by atoms with van der Waals surface area (Å²) < 4.78 is 9.66. The predicted molar refractivity (Wildman–Crippen MR) is 85.3 cm³/mol. The van der Waals surface area contributed by atoms with Crippen molar-refractivity contribution in [2.75, 3.05) is 13.2 Å².